The molecule has 23 heavy (non-hydrogen) atoms. The molecule has 0 saturated carbocycles. The Bertz CT molecular complexity index is 657. The molecule has 6 heteroatoms. The van der Waals surface area contributed by atoms with E-state index in [1.807, 2.05) is 24.3 Å². The van der Waals surface area contributed by atoms with Crippen LogP contribution < -0.4 is 20.1 Å². The van der Waals surface area contributed by atoms with Crippen LogP contribution in [-0.2, 0) is 11.3 Å². The maximum Gasteiger partial charge on any atom is 0.225 e. The number of aromatic nitrogens is 1. The smallest absolute Gasteiger partial charge is 0.225 e. The van der Waals surface area contributed by atoms with Crippen LogP contribution in [-0.4, -0.2) is 25.1 Å². The summed E-state index contributed by atoms with van der Waals surface area (Å²) in [6.45, 7) is 2.43. The second kappa shape index (κ2) is 8.03. The zero-order chi connectivity index (χ0) is 16.7. The van der Waals surface area contributed by atoms with Crippen molar-refractivity contribution in [1.82, 2.24) is 4.98 Å². The van der Waals surface area contributed by atoms with Crippen molar-refractivity contribution in [3.8, 4) is 11.5 Å². The van der Waals surface area contributed by atoms with Crippen molar-refractivity contribution in [3.63, 3.8) is 0 Å². The Balaban J connectivity index is 1.96. The standard InChI is InChI=1S/C17H21N3O3/c1-4-17(21)20-16-8-6-13(11-19-16)18-10-12-5-7-14(22-2)15(9-12)23-3/h5-9,11,18H,4,10H2,1-3H3,(H,19,20,21). The van der Waals surface area contributed by atoms with Crippen LogP contribution >= 0.6 is 0 Å². The second-order valence-corrected chi connectivity index (χ2v) is 4.88. The number of carbonyl (C=O) groups is 1. The van der Waals surface area contributed by atoms with Crippen LogP contribution in [0.15, 0.2) is 36.5 Å². The van der Waals surface area contributed by atoms with Crippen molar-refractivity contribution in [2.45, 2.75) is 19.9 Å². The van der Waals surface area contributed by atoms with Gasteiger partial charge < -0.3 is 20.1 Å². The monoisotopic (exact) mass is 315 g/mol. The first-order chi connectivity index (χ1) is 11.2. The normalized spacial score (nSPS) is 10.0. The number of amides is 1. The molecule has 0 aliphatic heterocycles. The molecule has 2 aromatic rings. The molecule has 0 fully saturated rings. The lowest BCUT2D eigenvalue weighted by molar-refractivity contribution is -0.115. The Kier molecular flexibility index (Phi) is 5.80. The molecule has 6 nitrogen and oxygen atoms in total. The first-order valence-corrected chi connectivity index (χ1v) is 7.37. The number of pyridine rings is 1. The summed E-state index contributed by atoms with van der Waals surface area (Å²) in [6, 6.07) is 9.41. The van der Waals surface area contributed by atoms with Crippen molar-refractivity contribution < 1.29 is 14.3 Å². The summed E-state index contributed by atoms with van der Waals surface area (Å²) in [5.74, 6) is 1.90. The summed E-state index contributed by atoms with van der Waals surface area (Å²) < 4.78 is 10.5. The molecule has 0 radical (unpaired) electrons. The summed E-state index contributed by atoms with van der Waals surface area (Å²) in [4.78, 5) is 15.5. The van der Waals surface area contributed by atoms with Crippen LogP contribution in [0.25, 0.3) is 0 Å². The van der Waals surface area contributed by atoms with E-state index in [0.717, 1.165) is 11.3 Å². The number of carbonyl (C=O) groups excluding carboxylic acids is 1. The number of nitrogens with one attached hydrogen (secondary N) is 2. The highest BCUT2D eigenvalue weighted by Crippen LogP contribution is 2.27. The molecule has 2 rings (SSSR count). The van der Waals surface area contributed by atoms with Gasteiger partial charge in [0, 0.05) is 13.0 Å². The molecular weight excluding hydrogens is 294 g/mol. The lowest BCUT2D eigenvalue weighted by Gasteiger charge is -2.11. The largest absolute Gasteiger partial charge is 0.493 e. The Morgan fingerprint density at radius 2 is 1.91 bits per heavy atom. The van der Waals surface area contributed by atoms with Gasteiger partial charge in [0.05, 0.1) is 26.1 Å². The first-order valence-electron chi connectivity index (χ1n) is 7.37. The molecule has 0 aliphatic carbocycles. The molecule has 0 aliphatic rings. The van der Waals surface area contributed by atoms with Gasteiger partial charge in [0.15, 0.2) is 11.5 Å². The Labute approximate surface area is 135 Å². The quantitative estimate of drug-likeness (QED) is 0.821. The fraction of sp³-hybridized carbons (Fsp3) is 0.294. The van der Waals surface area contributed by atoms with Crippen LogP contribution in [0.5, 0.6) is 11.5 Å². The third-order valence-corrected chi connectivity index (χ3v) is 3.30. The Hall–Kier alpha value is -2.76. The number of anilines is 2. The van der Waals surface area contributed by atoms with E-state index < -0.39 is 0 Å². The van der Waals surface area contributed by atoms with Gasteiger partial charge >= 0.3 is 0 Å². The fourth-order valence-electron chi connectivity index (χ4n) is 2.00. The number of hydrogen-bond acceptors (Lipinski definition) is 5. The fourth-order valence-corrected chi connectivity index (χ4v) is 2.00. The van der Waals surface area contributed by atoms with E-state index in [1.54, 1.807) is 33.4 Å². The maximum atomic E-state index is 11.3. The number of benzene rings is 1. The molecule has 122 valence electrons. The molecule has 0 atom stereocenters. The average molecular weight is 315 g/mol. The van der Waals surface area contributed by atoms with E-state index in [0.29, 0.717) is 30.3 Å². The van der Waals surface area contributed by atoms with Crippen LogP contribution in [0.4, 0.5) is 11.5 Å². The van der Waals surface area contributed by atoms with Gasteiger partial charge in [-0.05, 0) is 29.8 Å². The number of rotatable bonds is 7. The third kappa shape index (κ3) is 4.60. The molecular formula is C17H21N3O3. The molecule has 0 spiro atoms. The van der Waals surface area contributed by atoms with Crippen molar-refractivity contribution >= 4 is 17.4 Å². The van der Waals surface area contributed by atoms with Crippen LogP contribution in [0.1, 0.15) is 18.9 Å². The van der Waals surface area contributed by atoms with E-state index in [4.69, 9.17) is 9.47 Å². The summed E-state index contributed by atoms with van der Waals surface area (Å²) >= 11 is 0. The highest BCUT2D eigenvalue weighted by atomic mass is 16.5. The number of methoxy groups -OCH3 is 2. The zero-order valence-corrected chi connectivity index (χ0v) is 13.6. The van der Waals surface area contributed by atoms with E-state index >= 15 is 0 Å². The second-order valence-electron chi connectivity index (χ2n) is 4.88. The van der Waals surface area contributed by atoms with Gasteiger partial charge in [-0.2, -0.15) is 0 Å². The van der Waals surface area contributed by atoms with Crippen molar-refractivity contribution in [2.24, 2.45) is 0 Å². The molecule has 0 saturated heterocycles. The number of hydrogen-bond donors (Lipinski definition) is 2. The van der Waals surface area contributed by atoms with Crippen LogP contribution in [0.3, 0.4) is 0 Å². The third-order valence-electron chi connectivity index (χ3n) is 3.30. The minimum Gasteiger partial charge on any atom is -0.493 e. The van der Waals surface area contributed by atoms with Crippen molar-refractivity contribution in [3.05, 3.63) is 42.1 Å². The van der Waals surface area contributed by atoms with Crippen molar-refractivity contribution in [1.29, 1.82) is 0 Å². The lowest BCUT2D eigenvalue weighted by atomic mass is 10.2. The van der Waals surface area contributed by atoms with Gasteiger partial charge in [-0.25, -0.2) is 4.98 Å². The Morgan fingerprint density at radius 3 is 2.52 bits per heavy atom. The molecule has 1 heterocycles. The Morgan fingerprint density at radius 1 is 1.13 bits per heavy atom. The topological polar surface area (TPSA) is 72.5 Å². The maximum absolute atomic E-state index is 11.3. The van der Waals surface area contributed by atoms with E-state index in [9.17, 15) is 4.79 Å². The van der Waals surface area contributed by atoms with Gasteiger partial charge in [-0.15, -0.1) is 0 Å². The van der Waals surface area contributed by atoms with Crippen LogP contribution in [0.2, 0.25) is 0 Å². The average Bonchev–Trinajstić information content (AvgIpc) is 2.60. The van der Waals surface area contributed by atoms with Gasteiger partial charge in [-0.3, -0.25) is 4.79 Å². The number of ether oxygens (including phenoxy) is 2. The minimum absolute atomic E-state index is 0.0523. The van der Waals surface area contributed by atoms with Crippen LogP contribution in [0, 0.1) is 0 Å². The highest BCUT2D eigenvalue weighted by Gasteiger charge is 2.05. The highest BCUT2D eigenvalue weighted by molar-refractivity contribution is 5.89. The van der Waals surface area contributed by atoms with E-state index in [2.05, 4.69) is 15.6 Å². The molecule has 1 aromatic heterocycles. The van der Waals surface area contributed by atoms with Gasteiger partial charge in [0.25, 0.3) is 0 Å². The minimum atomic E-state index is -0.0523. The molecule has 1 aromatic carbocycles. The van der Waals surface area contributed by atoms with Gasteiger partial charge in [0.2, 0.25) is 5.91 Å². The summed E-state index contributed by atoms with van der Waals surface area (Å²) in [6.07, 6.45) is 2.12. The predicted molar refractivity (Wildman–Crippen MR) is 90.0 cm³/mol. The summed E-state index contributed by atoms with van der Waals surface area (Å²) in [7, 11) is 3.22. The predicted octanol–water partition coefficient (Wildman–Crippen LogP) is 3.06. The van der Waals surface area contributed by atoms with Crippen molar-refractivity contribution in [2.75, 3.05) is 24.9 Å². The van der Waals surface area contributed by atoms with E-state index in [-0.39, 0.29) is 5.91 Å². The summed E-state index contributed by atoms with van der Waals surface area (Å²) in [5, 5.41) is 5.98. The summed E-state index contributed by atoms with van der Waals surface area (Å²) in [5.41, 5.74) is 1.93. The number of nitrogens with zero attached hydrogens (tertiary/aromatic N) is 1. The van der Waals surface area contributed by atoms with E-state index in [1.165, 1.54) is 0 Å². The SMILES string of the molecule is CCC(=O)Nc1ccc(NCc2ccc(OC)c(OC)c2)cn1. The zero-order valence-electron chi connectivity index (χ0n) is 13.6. The molecule has 0 unspecified atom stereocenters. The molecule has 0 bridgehead atoms. The van der Waals surface area contributed by atoms with Gasteiger partial charge in [-0.1, -0.05) is 13.0 Å². The first kappa shape index (κ1) is 16.6. The lowest BCUT2D eigenvalue weighted by Crippen LogP contribution is -2.10. The molecule has 2 N–H and O–H groups in total. The molecule has 1 amide bonds. The van der Waals surface area contributed by atoms with Gasteiger partial charge in [0.1, 0.15) is 5.82 Å².